The van der Waals surface area contributed by atoms with Crippen molar-refractivity contribution in [3.05, 3.63) is 83.2 Å². The van der Waals surface area contributed by atoms with Crippen LogP contribution in [0.25, 0.3) is 21.2 Å². The Morgan fingerprint density at radius 2 is 1.74 bits per heavy atom. The van der Waals surface area contributed by atoms with Gasteiger partial charge >= 0.3 is 0 Å². The van der Waals surface area contributed by atoms with Crippen molar-refractivity contribution in [2.24, 2.45) is 0 Å². The summed E-state index contributed by atoms with van der Waals surface area (Å²) in [6.45, 7) is 0. The Morgan fingerprint density at radius 3 is 2.48 bits per heavy atom. The van der Waals surface area contributed by atoms with Gasteiger partial charge in [-0.05, 0) is 53.4 Å². The van der Waals surface area contributed by atoms with Crippen molar-refractivity contribution in [2.45, 2.75) is 0 Å². The zero-order chi connectivity index (χ0) is 22.2. The zero-order valence-electron chi connectivity index (χ0n) is 16.1. The molecular formula is C22H16F2N2O3S2. The normalized spacial score (nSPS) is 11.5. The largest absolute Gasteiger partial charge is 0.321 e. The molecular weight excluding hydrogens is 442 g/mol. The summed E-state index contributed by atoms with van der Waals surface area (Å²) in [5, 5.41) is 3.58. The van der Waals surface area contributed by atoms with E-state index < -0.39 is 21.7 Å². The number of halogens is 2. The third kappa shape index (κ3) is 4.89. The standard InChI is InChI=1S/C22H16F2N2O3S2/c1-31(28,29)26-17-7-5-14-10-21(30-20(14)12-17)22(27)25-16-4-2-3-13(9-16)18-8-6-15(23)11-19(18)24/h2-12,26H,1H3,(H,25,27). The van der Waals surface area contributed by atoms with Gasteiger partial charge in [-0.2, -0.15) is 0 Å². The predicted octanol–water partition coefficient (Wildman–Crippen LogP) is 5.47. The van der Waals surface area contributed by atoms with Crippen LogP contribution in [0, 0.1) is 11.6 Å². The van der Waals surface area contributed by atoms with Crippen LogP contribution in [0.15, 0.2) is 66.7 Å². The quantitative estimate of drug-likeness (QED) is 0.416. The average Bonchev–Trinajstić information content (AvgIpc) is 3.10. The van der Waals surface area contributed by atoms with Crippen LogP contribution in [0.4, 0.5) is 20.2 Å². The van der Waals surface area contributed by atoms with Gasteiger partial charge < -0.3 is 5.32 Å². The number of carbonyl (C=O) groups is 1. The fraction of sp³-hybridized carbons (Fsp3) is 0.0455. The van der Waals surface area contributed by atoms with E-state index in [9.17, 15) is 22.0 Å². The molecule has 1 amide bonds. The molecule has 0 unspecified atom stereocenters. The number of anilines is 2. The number of rotatable bonds is 5. The number of fused-ring (bicyclic) bond motifs is 1. The number of hydrogen-bond acceptors (Lipinski definition) is 4. The maximum atomic E-state index is 14.1. The van der Waals surface area contributed by atoms with Crippen LogP contribution in [0.1, 0.15) is 9.67 Å². The monoisotopic (exact) mass is 458 g/mol. The van der Waals surface area contributed by atoms with Crippen molar-refractivity contribution in [1.29, 1.82) is 0 Å². The lowest BCUT2D eigenvalue weighted by molar-refractivity contribution is 0.103. The van der Waals surface area contributed by atoms with Crippen molar-refractivity contribution < 1.29 is 22.0 Å². The van der Waals surface area contributed by atoms with Gasteiger partial charge in [-0.3, -0.25) is 9.52 Å². The summed E-state index contributed by atoms with van der Waals surface area (Å²) in [5.41, 5.74) is 1.61. The molecule has 0 aliphatic heterocycles. The van der Waals surface area contributed by atoms with Gasteiger partial charge in [0.15, 0.2) is 0 Å². The molecule has 158 valence electrons. The molecule has 3 aromatic carbocycles. The first-order valence-electron chi connectivity index (χ1n) is 9.06. The van der Waals surface area contributed by atoms with Crippen LogP contribution in [0.3, 0.4) is 0 Å². The van der Waals surface area contributed by atoms with Crippen molar-refractivity contribution in [3.8, 4) is 11.1 Å². The lowest BCUT2D eigenvalue weighted by Crippen LogP contribution is -2.10. The molecule has 0 fully saturated rings. The number of benzene rings is 3. The van der Waals surface area contributed by atoms with Gasteiger partial charge in [0.25, 0.3) is 5.91 Å². The molecule has 0 atom stereocenters. The Hall–Kier alpha value is -3.30. The zero-order valence-corrected chi connectivity index (χ0v) is 17.8. The van der Waals surface area contributed by atoms with Gasteiger partial charge in [0.05, 0.1) is 11.1 Å². The highest BCUT2D eigenvalue weighted by Crippen LogP contribution is 2.30. The van der Waals surface area contributed by atoms with Crippen molar-refractivity contribution in [2.75, 3.05) is 16.3 Å². The first-order chi connectivity index (χ1) is 14.7. The topological polar surface area (TPSA) is 75.3 Å². The second-order valence-electron chi connectivity index (χ2n) is 6.90. The lowest BCUT2D eigenvalue weighted by atomic mass is 10.0. The van der Waals surface area contributed by atoms with E-state index in [-0.39, 0.29) is 11.5 Å². The number of sulfonamides is 1. The SMILES string of the molecule is CS(=O)(=O)Nc1ccc2cc(C(=O)Nc3cccc(-c4ccc(F)cc4F)c3)sc2c1. The highest BCUT2D eigenvalue weighted by atomic mass is 32.2. The Bertz CT molecular complexity index is 1420. The molecule has 0 radical (unpaired) electrons. The molecule has 0 saturated carbocycles. The molecule has 0 bridgehead atoms. The molecule has 1 aromatic heterocycles. The Labute approximate surface area is 181 Å². The van der Waals surface area contributed by atoms with Gasteiger partial charge in [-0.1, -0.05) is 18.2 Å². The first kappa shape index (κ1) is 21.0. The van der Waals surface area contributed by atoms with Crippen molar-refractivity contribution in [3.63, 3.8) is 0 Å². The Kier molecular flexibility index (Phi) is 5.47. The molecule has 0 spiro atoms. The van der Waals surface area contributed by atoms with Crippen molar-refractivity contribution in [1.82, 2.24) is 0 Å². The van der Waals surface area contributed by atoms with Gasteiger partial charge in [-0.15, -0.1) is 11.3 Å². The van der Waals surface area contributed by atoms with Gasteiger partial charge in [-0.25, -0.2) is 17.2 Å². The summed E-state index contributed by atoms with van der Waals surface area (Å²) in [4.78, 5) is 13.2. The van der Waals surface area contributed by atoms with Crippen LogP contribution in [0.5, 0.6) is 0 Å². The molecule has 1 heterocycles. The second kappa shape index (κ2) is 8.09. The summed E-state index contributed by atoms with van der Waals surface area (Å²) >= 11 is 1.22. The Balaban J connectivity index is 1.57. The summed E-state index contributed by atoms with van der Waals surface area (Å²) < 4.78 is 53.2. The van der Waals surface area contributed by atoms with Crippen LogP contribution in [-0.2, 0) is 10.0 Å². The van der Waals surface area contributed by atoms with E-state index in [0.717, 1.165) is 22.4 Å². The molecule has 9 heteroatoms. The molecule has 4 rings (SSSR count). The fourth-order valence-corrected chi connectivity index (χ4v) is 4.65. The van der Waals surface area contributed by atoms with E-state index in [1.165, 1.54) is 23.5 Å². The molecule has 4 aromatic rings. The van der Waals surface area contributed by atoms with Crippen LogP contribution in [0.2, 0.25) is 0 Å². The number of hydrogen-bond donors (Lipinski definition) is 2. The minimum absolute atomic E-state index is 0.227. The lowest BCUT2D eigenvalue weighted by Gasteiger charge is -2.08. The summed E-state index contributed by atoms with van der Waals surface area (Å²) in [5.74, 6) is -1.70. The highest BCUT2D eigenvalue weighted by molar-refractivity contribution is 7.92. The third-order valence-electron chi connectivity index (χ3n) is 4.41. The van der Waals surface area contributed by atoms with E-state index in [0.29, 0.717) is 21.8 Å². The number of nitrogens with one attached hydrogen (secondary N) is 2. The number of thiophene rings is 1. The van der Waals surface area contributed by atoms with Crippen molar-refractivity contribution >= 4 is 48.7 Å². The summed E-state index contributed by atoms with van der Waals surface area (Å²) in [6, 6.07) is 16.7. The van der Waals surface area contributed by atoms with Gasteiger partial charge in [0.2, 0.25) is 10.0 Å². The smallest absolute Gasteiger partial charge is 0.265 e. The van der Waals surface area contributed by atoms with E-state index in [4.69, 9.17) is 0 Å². The maximum Gasteiger partial charge on any atom is 0.265 e. The first-order valence-corrected chi connectivity index (χ1v) is 11.8. The van der Waals surface area contributed by atoms with Gasteiger partial charge in [0.1, 0.15) is 11.6 Å². The molecule has 31 heavy (non-hydrogen) atoms. The minimum Gasteiger partial charge on any atom is -0.321 e. The molecule has 0 aliphatic carbocycles. The fourth-order valence-electron chi connectivity index (χ4n) is 3.10. The molecule has 0 saturated heterocycles. The number of amides is 1. The van der Waals surface area contributed by atoms with Gasteiger partial charge in [0, 0.05) is 27.7 Å². The van der Waals surface area contributed by atoms with Crippen LogP contribution >= 0.6 is 11.3 Å². The van der Waals surface area contributed by atoms with E-state index in [1.54, 1.807) is 48.5 Å². The number of carbonyl (C=O) groups excluding carboxylic acids is 1. The molecule has 2 N–H and O–H groups in total. The van der Waals surface area contributed by atoms with E-state index in [1.807, 2.05) is 0 Å². The van der Waals surface area contributed by atoms with E-state index in [2.05, 4.69) is 10.0 Å². The maximum absolute atomic E-state index is 14.1. The molecule has 0 aliphatic rings. The highest BCUT2D eigenvalue weighted by Gasteiger charge is 2.13. The van der Waals surface area contributed by atoms with Crippen LogP contribution < -0.4 is 10.0 Å². The third-order valence-corrected chi connectivity index (χ3v) is 6.11. The minimum atomic E-state index is -3.40. The summed E-state index contributed by atoms with van der Waals surface area (Å²) in [6.07, 6.45) is 1.07. The second-order valence-corrected chi connectivity index (χ2v) is 9.73. The van der Waals surface area contributed by atoms with Crippen LogP contribution in [-0.4, -0.2) is 20.6 Å². The average molecular weight is 459 g/mol. The van der Waals surface area contributed by atoms with E-state index >= 15 is 0 Å². The Morgan fingerprint density at radius 1 is 0.935 bits per heavy atom. The predicted molar refractivity (Wildman–Crippen MR) is 120 cm³/mol. The summed E-state index contributed by atoms with van der Waals surface area (Å²) in [7, 11) is -3.40. The molecule has 5 nitrogen and oxygen atoms in total.